The normalized spacial score (nSPS) is 35.2. The average molecular weight is 261 g/mol. The molecule has 0 aromatic carbocycles. The van der Waals surface area contributed by atoms with E-state index >= 15 is 0 Å². The summed E-state index contributed by atoms with van der Waals surface area (Å²) in [6.07, 6.45) is 1.76. The summed E-state index contributed by atoms with van der Waals surface area (Å²) < 4.78 is 23.1. The molecule has 2 aliphatic heterocycles. The second-order valence-electron chi connectivity index (χ2n) is 5.29. The monoisotopic (exact) mass is 261 g/mol. The van der Waals surface area contributed by atoms with Crippen molar-refractivity contribution in [2.24, 2.45) is 5.73 Å². The Bertz CT molecular complexity index is 358. The zero-order valence-electron chi connectivity index (χ0n) is 10.5. The number of rotatable bonds is 3. The highest BCUT2D eigenvalue weighted by molar-refractivity contribution is 7.91. The van der Waals surface area contributed by atoms with Crippen LogP contribution in [0.15, 0.2) is 0 Å². The van der Waals surface area contributed by atoms with Gasteiger partial charge in [-0.25, -0.2) is 8.42 Å². The van der Waals surface area contributed by atoms with Gasteiger partial charge in [0.2, 0.25) is 0 Å². The van der Waals surface area contributed by atoms with Crippen molar-refractivity contribution < 1.29 is 8.42 Å². The zero-order chi connectivity index (χ0) is 12.5. The summed E-state index contributed by atoms with van der Waals surface area (Å²) >= 11 is 0. The lowest BCUT2D eigenvalue weighted by Gasteiger charge is -2.43. The van der Waals surface area contributed by atoms with Crippen molar-refractivity contribution >= 4 is 9.84 Å². The van der Waals surface area contributed by atoms with Gasteiger partial charge in [0.25, 0.3) is 0 Å². The number of nitrogens with two attached hydrogens (primary N) is 1. The fourth-order valence-electron chi connectivity index (χ4n) is 2.99. The first-order valence-corrected chi connectivity index (χ1v) is 8.19. The first kappa shape index (κ1) is 13.3. The van der Waals surface area contributed by atoms with Gasteiger partial charge in [0.15, 0.2) is 9.84 Å². The molecule has 0 spiro atoms. The van der Waals surface area contributed by atoms with Crippen LogP contribution < -0.4 is 5.73 Å². The molecule has 2 N–H and O–H groups in total. The fourth-order valence-corrected chi connectivity index (χ4v) is 4.73. The van der Waals surface area contributed by atoms with E-state index in [1.807, 2.05) is 0 Å². The summed E-state index contributed by atoms with van der Waals surface area (Å²) in [4.78, 5) is 4.69. The van der Waals surface area contributed by atoms with E-state index in [-0.39, 0.29) is 6.04 Å². The van der Waals surface area contributed by atoms with Crippen LogP contribution in [0, 0.1) is 0 Å². The number of piperazine rings is 1. The molecule has 0 bridgehead atoms. The Kier molecular flexibility index (Phi) is 4.07. The Balaban J connectivity index is 2.03. The molecule has 2 heterocycles. The van der Waals surface area contributed by atoms with Crippen molar-refractivity contribution in [3.8, 4) is 0 Å². The molecule has 2 aliphatic rings. The Morgan fingerprint density at radius 2 is 2.12 bits per heavy atom. The third-order valence-electron chi connectivity index (χ3n) is 3.91. The van der Waals surface area contributed by atoms with Crippen molar-refractivity contribution in [3.05, 3.63) is 0 Å². The van der Waals surface area contributed by atoms with E-state index in [9.17, 15) is 8.42 Å². The lowest BCUT2D eigenvalue weighted by molar-refractivity contribution is 0.0572. The van der Waals surface area contributed by atoms with E-state index in [4.69, 9.17) is 5.73 Å². The Morgan fingerprint density at radius 1 is 1.35 bits per heavy atom. The van der Waals surface area contributed by atoms with Gasteiger partial charge >= 0.3 is 0 Å². The Labute approximate surface area is 104 Å². The van der Waals surface area contributed by atoms with Crippen molar-refractivity contribution in [3.63, 3.8) is 0 Å². The van der Waals surface area contributed by atoms with Crippen molar-refractivity contribution in [2.45, 2.75) is 24.9 Å². The first-order valence-electron chi connectivity index (χ1n) is 6.36. The lowest BCUT2D eigenvalue weighted by Crippen LogP contribution is -2.56. The van der Waals surface area contributed by atoms with Crippen LogP contribution in [0.2, 0.25) is 0 Å². The second kappa shape index (κ2) is 5.22. The van der Waals surface area contributed by atoms with Crippen LogP contribution in [-0.2, 0) is 9.84 Å². The van der Waals surface area contributed by atoms with E-state index in [1.165, 1.54) is 0 Å². The van der Waals surface area contributed by atoms with Crippen molar-refractivity contribution in [1.82, 2.24) is 9.80 Å². The number of hydrogen-bond donors (Lipinski definition) is 1. The van der Waals surface area contributed by atoms with Gasteiger partial charge < -0.3 is 10.6 Å². The topological polar surface area (TPSA) is 66.6 Å². The molecule has 6 heteroatoms. The summed E-state index contributed by atoms with van der Waals surface area (Å²) in [6, 6.07) is 0.655. The highest BCUT2D eigenvalue weighted by Gasteiger charge is 2.37. The summed E-state index contributed by atoms with van der Waals surface area (Å²) in [5.41, 5.74) is 5.66. The summed E-state index contributed by atoms with van der Waals surface area (Å²) in [6.45, 7) is 3.68. The van der Waals surface area contributed by atoms with Gasteiger partial charge in [-0.15, -0.1) is 0 Å². The number of likely N-dealkylation sites (N-methyl/N-ethyl adjacent to an activating group) is 1. The minimum absolute atomic E-state index is 0.227. The van der Waals surface area contributed by atoms with Gasteiger partial charge in [-0.1, -0.05) is 0 Å². The predicted octanol–water partition coefficient (Wildman–Crippen LogP) is -0.862. The summed E-state index contributed by atoms with van der Waals surface area (Å²) in [7, 11) is -0.666. The van der Waals surface area contributed by atoms with Crippen LogP contribution in [0.3, 0.4) is 0 Å². The summed E-state index contributed by atoms with van der Waals surface area (Å²) in [5, 5.41) is 0. The molecule has 0 saturated carbocycles. The molecule has 0 aromatic heterocycles. The molecule has 100 valence electrons. The molecule has 5 nitrogen and oxygen atoms in total. The number of hydrogen-bond acceptors (Lipinski definition) is 5. The smallest absolute Gasteiger partial charge is 0.151 e. The molecular formula is C11H23N3O2S. The molecule has 0 aromatic rings. The highest BCUT2D eigenvalue weighted by atomic mass is 32.2. The highest BCUT2D eigenvalue weighted by Crippen LogP contribution is 2.23. The fraction of sp³-hybridized carbons (Fsp3) is 1.00. The molecule has 2 unspecified atom stereocenters. The van der Waals surface area contributed by atoms with E-state index in [0.717, 1.165) is 32.5 Å². The minimum atomic E-state index is -2.78. The van der Waals surface area contributed by atoms with Gasteiger partial charge in [0.1, 0.15) is 0 Å². The third kappa shape index (κ3) is 3.19. The van der Waals surface area contributed by atoms with E-state index in [2.05, 4.69) is 16.8 Å². The molecule has 2 saturated heterocycles. The standard InChI is InChI=1S/C11H23N3O2S/c1-13-5-6-14(10(8-13)2-4-12)11-3-7-17(15,16)9-11/h10-11H,2-9,12H2,1H3. The van der Waals surface area contributed by atoms with Gasteiger partial charge in [0, 0.05) is 31.7 Å². The Morgan fingerprint density at radius 3 is 2.71 bits per heavy atom. The number of nitrogens with zero attached hydrogens (tertiary/aromatic N) is 2. The lowest BCUT2D eigenvalue weighted by atomic mass is 10.0. The van der Waals surface area contributed by atoms with E-state index < -0.39 is 9.84 Å². The van der Waals surface area contributed by atoms with E-state index in [1.54, 1.807) is 0 Å². The van der Waals surface area contributed by atoms with E-state index in [0.29, 0.717) is 24.1 Å². The van der Waals surface area contributed by atoms with Crippen LogP contribution in [0.5, 0.6) is 0 Å². The maximum Gasteiger partial charge on any atom is 0.151 e. The first-order chi connectivity index (χ1) is 8.02. The maximum absolute atomic E-state index is 11.6. The number of sulfone groups is 1. The molecular weight excluding hydrogens is 238 g/mol. The quantitative estimate of drug-likeness (QED) is 0.716. The van der Waals surface area contributed by atoms with Gasteiger partial charge in [-0.2, -0.15) is 0 Å². The molecule has 0 amide bonds. The van der Waals surface area contributed by atoms with Crippen LogP contribution in [0.4, 0.5) is 0 Å². The summed E-state index contributed by atoms with van der Waals surface area (Å²) in [5.74, 6) is 0.705. The van der Waals surface area contributed by atoms with Gasteiger partial charge in [-0.3, -0.25) is 4.90 Å². The van der Waals surface area contributed by atoms with Crippen LogP contribution in [-0.4, -0.2) is 75.0 Å². The zero-order valence-corrected chi connectivity index (χ0v) is 11.3. The molecule has 2 rings (SSSR count). The van der Waals surface area contributed by atoms with Gasteiger partial charge in [0.05, 0.1) is 11.5 Å². The molecule has 2 fully saturated rings. The largest absolute Gasteiger partial charge is 0.330 e. The van der Waals surface area contributed by atoms with Gasteiger partial charge in [-0.05, 0) is 26.4 Å². The third-order valence-corrected chi connectivity index (χ3v) is 5.66. The van der Waals surface area contributed by atoms with Crippen LogP contribution >= 0.6 is 0 Å². The minimum Gasteiger partial charge on any atom is -0.330 e. The molecule has 17 heavy (non-hydrogen) atoms. The predicted molar refractivity (Wildman–Crippen MR) is 68.7 cm³/mol. The van der Waals surface area contributed by atoms with Crippen LogP contribution in [0.1, 0.15) is 12.8 Å². The second-order valence-corrected chi connectivity index (χ2v) is 7.52. The molecule has 2 atom stereocenters. The SMILES string of the molecule is CN1CCN(C2CCS(=O)(=O)C2)C(CCN)C1. The van der Waals surface area contributed by atoms with Crippen LogP contribution in [0.25, 0.3) is 0 Å². The molecule has 0 aliphatic carbocycles. The maximum atomic E-state index is 11.6. The molecule has 0 radical (unpaired) electrons. The average Bonchev–Trinajstić information content (AvgIpc) is 2.59. The van der Waals surface area contributed by atoms with Crippen molar-refractivity contribution in [2.75, 3.05) is 44.7 Å². The van der Waals surface area contributed by atoms with Crippen molar-refractivity contribution in [1.29, 1.82) is 0 Å². The Hall–Kier alpha value is -0.170.